The first-order chi connectivity index (χ1) is 25.0. The van der Waals surface area contributed by atoms with Gasteiger partial charge in [0, 0.05) is 30.4 Å². The molecule has 5 rings (SSSR count). The lowest BCUT2D eigenvalue weighted by molar-refractivity contribution is -0.139. The van der Waals surface area contributed by atoms with Crippen LogP contribution in [0.5, 0.6) is 11.6 Å². The number of thioether (sulfide) groups is 1. The van der Waals surface area contributed by atoms with Crippen molar-refractivity contribution in [1.82, 2.24) is 25.0 Å². The van der Waals surface area contributed by atoms with E-state index >= 15 is 0 Å². The topological polar surface area (TPSA) is 218 Å². The highest BCUT2D eigenvalue weighted by Crippen LogP contribution is 2.41. The summed E-state index contributed by atoms with van der Waals surface area (Å²) in [5, 5.41) is 34.3. The summed E-state index contributed by atoms with van der Waals surface area (Å²) in [4.78, 5) is 58.3. The van der Waals surface area contributed by atoms with Crippen molar-refractivity contribution in [2.24, 2.45) is 5.73 Å². The van der Waals surface area contributed by atoms with Crippen molar-refractivity contribution in [1.29, 1.82) is 0 Å². The van der Waals surface area contributed by atoms with Crippen LogP contribution in [0.2, 0.25) is 0 Å². The summed E-state index contributed by atoms with van der Waals surface area (Å²) in [5.41, 5.74) is 9.99. The van der Waals surface area contributed by atoms with Gasteiger partial charge in [-0.05, 0) is 29.7 Å². The van der Waals surface area contributed by atoms with Gasteiger partial charge in [-0.1, -0.05) is 72.8 Å². The molecule has 14 nitrogen and oxygen atoms in total. The highest BCUT2D eigenvalue weighted by molar-refractivity contribution is 7.99. The first-order valence-electron chi connectivity index (χ1n) is 16.3. The van der Waals surface area contributed by atoms with E-state index < -0.39 is 47.6 Å². The van der Waals surface area contributed by atoms with Crippen molar-refractivity contribution < 1.29 is 39.2 Å². The van der Waals surface area contributed by atoms with Gasteiger partial charge in [-0.15, -0.1) is 11.8 Å². The number of imidazole rings is 1. The van der Waals surface area contributed by atoms with Crippen molar-refractivity contribution >= 4 is 41.2 Å². The lowest BCUT2D eigenvalue weighted by Gasteiger charge is -2.22. The number of rotatable bonds is 17. The molecule has 15 heteroatoms. The second kappa shape index (κ2) is 17.3. The largest absolute Gasteiger partial charge is 0.497 e. The number of ether oxygens (including phenoxy) is 1. The zero-order chi connectivity index (χ0) is 37.2. The van der Waals surface area contributed by atoms with Crippen LogP contribution in [-0.4, -0.2) is 84.9 Å². The summed E-state index contributed by atoms with van der Waals surface area (Å²) in [6.07, 6.45) is 1.68. The number of fused-ring (bicyclic) bond motifs is 1. The second-order valence-electron chi connectivity index (χ2n) is 11.8. The average Bonchev–Trinajstić information content (AvgIpc) is 3.49. The Kier molecular flexibility index (Phi) is 12.4. The van der Waals surface area contributed by atoms with Gasteiger partial charge >= 0.3 is 11.9 Å². The van der Waals surface area contributed by atoms with Crippen LogP contribution in [0.4, 0.5) is 0 Å². The van der Waals surface area contributed by atoms with Crippen LogP contribution < -0.4 is 21.1 Å². The number of aliphatic carboxylic acids is 2. The lowest BCUT2D eigenvalue weighted by Crippen LogP contribution is -2.49. The Morgan fingerprint density at radius 1 is 0.942 bits per heavy atom. The summed E-state index contributed by atoms with van der Waals surface area (Å²) < 4.78 is 6.94. The van der Waals surface area contributed by atoms with Crippen molar-refractivity contribution in [3.8, 4) is 22.9 Å². The number of hydrogen-bond acceptors (Lipinski definition) is 10. The summed E-state index contributed by atoms with van der Waals surface area (Å²) in [5.74, 6) is -3.61. The number of nitrogens with zero attached hydrogens (tertiary/aromatic N) is 3. The number of carbonyl (C=O) groups is 4. The van der Waals surface area contributed by atoms with Crippen LogP contribution in [-0.2, 0) is 25.6 Å². The highest BCUT2D eigenvalue weighted by atomic mass is 32.2. The minimum Gasteiger partial charge on any atom is -0.497 e. The third-order valence-corrected chi connectivity index (χ3v) is 9.48. The summed E-state index contributed by atoms with van der Waals surface area (Å²) in [6, 6.07) is 23.9. The molecule has 3 aromatic carbocycles. The minimum atomic E-state index is -1.28. The van der Waals surface area contributed by atoms with Crippen LogP contribution in [0.1, 0.15) is 40.6 Å². The van der Waals surface area contributed by atoms with Gasteiger partial charge < -0.3 is 36.4 Å². The lowest BCUT2D eigenvalue weighted by atomic mass is 10.1. The van der Waals surface area contributed by atoms with Gasteiger partial charge in [0.05, 0.1) is 23.7 Å². The van der Waals surface area contributed by atoms with E-state index in [1.165, 1.54) is 18.9 Å². The van der Waals surface area contributed by atoms with Gasteiger partial charge in [-0.3, -0.25) is 23.6 Å². The molecule has 2 amide bonds. The van der Waals surface area contributed by atoms with Gasteiger partial charge in [-0.2, -0.15) is 0 Å². The summed E-state index contributed by atoms with van der Waals surface area (Å²) in [6.45, 7) is -0.685. The SMILES string of the molecule is COc1ccc([13CH](SC[C@H](NC(=O)CC[C@H](N)C(=O)O)C(=O)NCC(=O)O)c2nc3c(Cc4ccccc4)nc(-c4ccccc4)cn3c2O)cc1. The van der Waals surface area contributed by atoms with Crippen molar-refractivity contribution in [3.63, 3.8) is 0 Å². The van der Waals surface area contributed by atoms with E-state index in [0.29, 0.717) is 34.8 Å². The maximum absolute atomic E-state index is 13.2. The highest BCUT2D eigenvalue weighted by Gasteiger charge is 2.29. The van der Waals surface area contributed by atoms with E-state index in [9.17, 15) is 24.3 Å². The fourth-order valence-electron chi connectivity index (χ4n) is 5.40. The number of carbonyl (C=O) groups excluding carboxylic acids is 2. The zero-order valence-corrected chi connectivity index (χ0v) is 29.0. The second-order valence-corrected chi connectivity index (χ2v) is 13.0. The normalized spacial score (nSPS) is 12.8. The number of amides is 2. The van der Waals surface area contributed by atoms with Crippen LogP contribution in [0.3, 0.4) is 0 Å². The molecule has 0 saturated carbocycles. The Hall–Kier alpha value is -5.93. The fraction of sp³-hybridized carbons (Fsp3) is 0.243. The Balaban J connectivity index is 1.55. The molecule has 52 heavy (non-hydrogen) atoms. The molecule has 2 aromatic heterocycles. The molecule has 0 aliphatic carbocycles. The van der Waals surface area contributed by atoms with Crippen LogP contribution in [0.25, 0.3) is 16.9 Å². The molecule has 0 saturated heterocycles. The van der Waals surface area contributed by atoms with Gasteiger partial charge in [-0.25, -0.2) is 9.97 Å². The van der Waals surface area contributed by atoms with Crippen molar-refractivity contribution in [3.05, 3.63) is 114 Å². The van der Waals surface area contributed by atoms with Gasteiger partial charge in [0.25, 0.3) is 0 Å². The number of hydrogen-bond donors (Lipinski definition) is 6. The molecule has 3 atom stereocenters. The molecule has 0 aliphatic heterocycles. The molecule has 0 radical (unpaired) electrons. The first-order valence-corrected chi connectivity index (χ1v) is 17.3. The fourth-order valence-corrected chi connectivity index (χ4v) is 6.68. The Morgan fingerprint density at radius 2 is 1.62 bits per heavy atom. The molecule has 0 fully saturated rings. The van der Waals surface area contributed by atoms with E-state index in [2.05, 4.69) is 10.6 Å². The molecule has 7 N–H and O–H groups in total. The first kappa shape index (κ1) is 37.3. The van der Waals surface area contributed by atoms with Gasteiger partial charge in [0.15, 0.2) is 5.65 Å². The Labute approximate surface area is 303 Å². The van der Waals surface area contributed by atoms with E-state index in [-0.39, 0.29) is 30.2 Å². The van der Waals surface area contributed by atoms with Crippen molar-refractivity contribution in [2.45, 2.75) is 36.6 Å². The molecule has 0 spiro atoms. The minimum absolute atomic E-state index is 0.0867. The number of methoxy groups -OCH3 is 1. The standard InChI is InChI=1S/C37H38N6O8S/c1-51-25-14-12-24(13-15-25)33(52-21-29(35(47)39-19-31(45)46)41-30(44)17-16-26(38)37(49)50)32-36(48)43-20-28(23-10-6-3-7-11-23)40-27(34(43)42-32)18-22-8-4-2-5-9-22/h2-15,20,26,29,33,48H,16-19,21,38H2,1H3,(H,39,47)(H,41,44)(H,45,46)(H,49,50)/t26-,29-,33?/m0/s1/i33+1. The number of carboxylic acids is 2. The number of carboxylic acid groups (broad SMARTS) is 2. The van der Waals surface area contributed by atoms with Crippen LogP contribution in [0.15, 0.2) is 91.1 Å². The third-order valence-electron chi connectivity index (χ3n) is 8.12. The van der Waals surface area contributed by atoms with E-state index in [4.69, 9.17) is 30.7 Å². The number of aromatic nitrogens is 3. The van der Waals surface area contributed by atoms with E-state index in [0.717, 1.165) is 11.1 Å². The quantitative estimate of drug-likeness (QED) is 0.0760. The molecular formula is C37H38N6O8S. The number of nitrogens with two attached hydrogens (primary N) is 1. The molecular weight excluding hydrogens is 690 g/mol. The van der Waals surface area contributed by atoms with E-state index in [1.807, 2.05) is 60.7 Å². The van der Waals surface area contributed by atoms with Crippen LogP contribution in [0, 0.1) is 0 Å². The molecule has 5 aromatic rings. The maximum atomic E-state index is 13.2. The summed E-state index contributed by atoms with van der Waals surface area (Å²) >= 11 is 1.18. The van der Waals surface area contributed by atoms with E-state index in [1.54, 1.807) is 34.9 Å². The third kappa shape index (κ3) is 9.44. The van der Waals surface area contributed by atoms with Crippen molar-refractivity contribution in [2.75, 3.05) is 19.4 Å². The molecule has 1 unspecified atom stereocenters. The van der Waals surface area contributed by atoms with Crippen LogP contribution >= 0.6 is 11.8 Å². The Bertz CT molecular complexity index is 2030. The van der Waals surface area contributed by atoms with Gasteiger partial charge in [0.2, 0.25) is 17.7 Å². The number of aromatic hydroxyl groups is 1. The molecule has 270 valence electrons. The summed E-state index contributed by atoms with van der Waals surface area (Å²) in [7, 11) is 1.53. The smallest absolute Gasteiger partial charge is 0.322 e. The Morgan fingerprint density at radius 3 is 2.25 bits per heavy atom. The zero-order valence-electron chi connectivity index (χ0n) is 28.1. The average molecular weight is 728 g/mol. The predicted molar refractivity (Wildman–Crippen MR) is 194 cm³/mol. The molecule has 0 bridgehead atoms. The molecule has 2 heterocycles. The predicted octanol–water partition coefficient (Wildman–Crippen LogP) is 3.40. The number of benzene rings is 3. The van der Waals surface area contributed by atoms with Gasteiger partial charge in [0.1, 0.15) is 30.1 Å². The monoisotopic (exact) mass is 727 g/mol. The number of nitrogens with one attached hydrogen (secondary N) is 2. The maximum Gasteiger partial charge on any atom is 0.322 e. The molecule has 0 aliphatic rings.